The van der Waals surface area contributed by atoms with E-state index in [-0.39, 0.29) is 11.7 Å². The van der Waals surface area contributed by atoms with Crippen molar-refractivity contribution in [2.24, 2.45) is 23.2 Å². The van der Waals surface area contributed by atoms with Gasteiger partial charge in [-0.25, -0.2) is 0 Å². The zero-order valence-electron chi connectivity index (χ0n) is 7.62. The van der Waals surface area contributed by atoms with Gasteiger partial charge < -0.3 is 0 Å². The Labute approximate surface area is 77.9 Å². The Balaban J connectivity index is 2.06. The summed E-state index contributed by atoms with van der Waals surface area (Å²) in [4.78, 5) is 11.9. The molecule has 0 amide bonds. The number of nitriles is 1. The van der Waals surface area contributed by atoms with Crippen LogP contribution in [0.15, 0.2) is 0 Å². The molecule has 0 radical (unpaired) electrons. The Hall–Kier alpha value is -0.840. The van der Waals surface area contributed by atoms with Crippen LogP contribution in [0, 0.1) is 34.5 Å². The number of nitrogens with zero attached hydrogens (tertiary/aromatic N) is 1. The van der Waals surface area contributed by atoms with Gasteiger partial charge in [-0.05, 0) is 43.9 Å². The van der Waals surface area contributed by atoms with Crippen molar-refractivity contribution in [2.75, 3.05) is 0 Å². The summed E-state index contributed by atoms with van der Waals surface area (Å²) in [6, 6.07) is 2.31. The van der Waals surface area contributed by atoms with Gasteiger partial charge in [0.05, 0.1) is 6.07 Å². The van der Waals surface area contributed by atoms with Crippen molar-refractivity contribution in [3.63, 3.8) is 0 Å². The molecule has 0 spiro atoms. The van der Waals surface area contributed by atoms with E-state index in [9.17, 15) is 4.79 Å². The summed E-state index contributed by atoms with van der Waals surface area (Å²) in [7, 11) is 0. The number of hydrogen-bond donors (Lipinski definition) is 0. The summed E-state index contributed by atoms with van der Waals surface area (Å²) < 4.78 is 0. The average molecular weight is 175 g/mol. The zero-order chi connectivity index (χ0) is 9.05. The van der Waals surface area contributed by atoms with Crippen LogP contribution >= 0.6 is 0 Å². The maximum Gasteiger partial charge on any atom is 0.156 e. The van der Waals surface area contributed by atoms with E-state index in [0.29, 0.717) is 11.8 Å². The number of carbonyl (C=O) groups excluding carboxylic acids is 1. The van der Waals surface area contributed by atoms with Crippen molar-refractivity contribution in [1.29, 1.82) is 5.26 Å². The third-order valence-electron chi connectivity index (χ3n) is 4.23. The largest absolute Gasteiger partial charge is 0.298 e. The number of Topliss-reactive ketones (excluding diaryl/α,β-unsaturated/α-hetero) is 1. The molecule has 68 valence electrons. The first-order chi connectivity index (χ1) is 6.23. The highest BCUT2D eigenvalue weighted by atomic mass is 16.1. The topological polar surface area (TPSA) is 40.9 Å². The minimum atomic E-state index is -0.533. The van der Waals surface area contributed by atoms with Crippen LogP contribution in [0.2, 0.25) is 0 Å². The minimum absolute atomic E-state index is 0.255. The lowest BCUT2D eigenvalue weighted by atomic mass is 9.49. The van der Waals surface area contributed by atoms with Crippen molar-refractivity contribution >= 4 is 5.78 Å². The van der Waals surface area contributed by atoms with Crippen LogP contribution in [0.3, 0.4) is 0 Å². The molecule has 13 heavy (non-hydrogen) atoms. The molecule has 0 N–H and O–H groups in total. The second kappa shape index (κ2) is 2.15. The smallest absolute Gasteiger partial charge is 0.156 e. The first kappa shape index (κ1) is 7.55. The van der Waals surface area contributed by atoms with Gasteiger partial charge in [0.25, 0.3) is 0 Å². The summed E-state index contributed by atoms with van der Waals surface area (Å²) in [6.45, 7) is 0. The SMILES string of the molecule is N#CC12CC3CC(CC(C3)C1=O)C2. The molecule has 4 aliphatic carbocycles. The minimum Gasteiger partial charge on any atom is -0.298 e. The van der Waals surface area contributed by atoms with Crippen LogP contribution in [0.4, 0.5) is 0 Å². The van der Waals surface area contributed by atoms with E-state index in [1.165, 1.54) is 6.42 Å². The summed E-state index contributed by atoms with van der Waals surface area (Å²) >= 11 is 0. The number of carbonyl (C=O) groups is 1. The predicted octanol–water partition coefficient (Wildman–Crippen LogP) is 1.91. The van der Waals surface area contributed by atoms with Crippen molar-refractivity contribution in [3.05, 3.63) is 0 Å². The van der Waals surface area contributed by atoms with Gasteiger partial charge in [0.15, 0.2) is 5.78 Å². The highest BCUT2D eigenvalue weighted by Gasteiger charge is 2.57. The van der Waals surface area contributed by atoms with Crippen molar-refractivity contribution in [3.8, 4) is 6.07 Å². The van der Waals surface area contributed by atoms with Gasteiger partial charge in [-0.1, -0.05) is 0 Å². The van der Waals surface area contributed by atoms with E-state index >= 15 is 0 Å². The molecule has 2 unspecified atom stereocenters. The molecule has 0 aromatic heterocycles. The van der Waals surface area contributed by atoms with E-state index in [0.717, 1.165) is 25.7 Å². The second-order valence-electron chi connectivity index (χ2n) is 5.10. The summed E-state index contributed by atoms with van der Waals surface area (Å²) in [6.07, 6.45) is 5.19. The molecule has 4 rings (SSSR count). The van der Waals surface area contributed by atoms with Crippen LogP contribution in [0.25, 0.3) is 0 Å². The molecular weight excluding hydrogens is 162 g/mol. The van der Waals surface area contributed by atoms with Crippen LogP contribution in [0.1, 0.15) is 32.1 Å². The fraction of sp³-hybridized carbons (Fsp3) is 0.818. The van der Waals surface area contributed by atoms with Gasteiger partial charge in [-0.15, -0.1) is 0 Å². The maximum atomic E-state index is 11.9. The third-order valence-corrected chi connectivity index (χ3v) is 4.23. The van der Waals surface area contributed by atoms with E-state index in [4.69, 9.17) is 5.26 Å². The number of rotatable bonds is 0. The quantitative estimate of drug-likeness (QED) is 0.564. The highest BCUT2D eigenvalue weighted by Crippen LogP contribution is 2.57. The predicted molar refractivity (Wildman–Crippen MR) is 46.6 cm³/mol. The third kappa shape index (κ3) is 0.802. The van der Waals surface area contributed by atoms with Crippen LogP contribution in [-0.4, -0.2) is 5.78 Å². The van der Waals surface area contributed by atoms with Crippen LogP contribution in [-0.2, 0) is 4.79 Å². The summed E-state index contributed by atoms with van der Waals surface area (Å²) in [5, 5.41) is 9.13. The lowest BCUT2D eigenvalue weighted by molar-refractivity contribution is -0.146. The van der Waals surface area contributed by atoms with Gasteiger partial charge in [0, 0.05) is 5.92 Å². The molecule has 0 aromatic rings. The Morgan fingerprint density at radius 1 is 1.23 bits per heavy atom. The van der Waals surface area contributed by atoms with Crippen molar-refractivity contribution in [1.82, 2.24) is 0 Å². The average Bonchev–Trinajstić information content (AvgIpc) is 2.12. The van der Waals surface area contributed by atoms with Gasteiger partial charge in [0.2, 0.25) is 0 Å². The molecule has 0 aromatic carbocycles. The fourth-order valence-electron chi connectivity index (χ4n) is 3.92. The summed E-state index contributed by atoms with van der Waals surface area (Å²) in [5.74, 6) is 1.91. The Morgan fingerprint density at radius 3 is 2.38 bits per heavy atom. The zero-order valence-corrected chi connectivity index (χ0v) is 7.62. The first-order valence-corrected chi connectivity index (χ1v) is 5.19. The lowest BCUT2D eigenvalue weighted by Gasteiger charge is -2.52. The van der Waals surface area contributed by atoms with Crippen molar-refractivity contribution < 1.29 is 4.79 Å². The highest BCUT2D eigenvalue weighted by molar-refractivity contribution is 5.91. The van der Waals surface area contributed by atoms with Crippen molar-refractivity contribution in [2.45, 2.75) is 32.1 Å². The second-order valence-corrected chi connectivity index (χ2v) is 5.10. The van der Waals surface area contributed by atoms with Gasteiger partial charge in [-0.2, -0.15) is 5.26 Å². The van der Waals surface area contributed by atoms with Gasteiger partial charge >= 0.3 is 0 Å². The lowest BCUT2D eigenvalue weighted by Crippen LogP contribution is -2.52. The molecule has 2 nitrogen and oxygen atoms in total. The Kier molecular flexibility index (Phi) is 1.25. The maximum absolute atomic E-state index is 11.9. The number of hydrogen-bond acceptors (Lipinski definition) is 2. The van der Waals surface area contributed by atoms with E-state index in [2.05, 4.69) is 6.07 Å². The fourth-order valence-corrected chi connectivity index (χ4v) is 3.92. The molecule has 2 heteroatoms. The van der Waals surface area contributed by atoms with Gasteiger partial charge in [0.1, 0.15) is 5.41 Å². The van der Waals surface area contributed by atoms with E-state index in [1.807, 2.05) is 0 Å². The molecule has 4 bridgehead atoms. The number of ketones is 1. The molecule has 4 aliphatic rings. The van der Waals surface area contributed by atoms with E-state index in [1.54, 1.807) is 0 Å². The Bertz CT molecular complexity index is 301. The van der Waals surface area contributed by atoms with Crippen LogP contribution < -0.4 is 0 Å². The molecule has 4 saturated carbocycles. The van der Waals surface area contributed by atoms with E-state index < -0.39 is 5.41 Å². The molecule has 0 saturated heterocycles. The standard InChI is InChI=1S/C11H13NO/c12-6-11-4-7-1-8(5-11)3-9(2-7)10(11)13/h7-9H,1-5H2. The molecular formula is C11H13NO. The summed E-state index contributed by atoms with van der Waals surface area (Å²) in [5.41, 5.74) is -0.533. The first-order valence-electron chi connectivity index (χ1n) is 5.19. The molecule has 0 aliphatic heterocycles. The van der Waals surface area contributed by atoms with Crippen LogP contribution in [0.5, 0.6) is 0 Å². The molecule has 2 atom stereocenters. The monoisotopic (exact) mass is 175 g/mol. The normalized spacial score (nSPS) is 52.2. The molecule has 0 heterocycles. The Morgan fingerprint density at radius 2 is 1.85 bits per heavy atom. The molecule has 4 fully saturated rings. The van der Waals surface area contributed by atoms with Gasteiger partial charge in [-0.3, -0.25) is 4.79 Å².